The van der Waals surface area contributed by atoms with Crippen molar-refractivity contribution >= 4 is 5.69 Å². The van der Waals surface area contributed by atoms with E-state index >= 15 is 0 Å². The molecule has 2 rings (SSSR count). The number of nitrogen functional groups attached to an aromatic ring is 1. The van der Waals surface area contributed by atoms with Crippen LogP contribution in [0.2, 0.25) is 0 Å². The first-order valence-electron chi connectivity index (χ1n) is 5.84. The third kappa shape index (κ3) is 2.96. The van der Waals surface area contributed by atoms with Gasteiger partial charge in [-0.05, 0) is 17.7 Å². The summed E-state index contributed by atoms with van der Waals surface area (Å²) >= 11 is 0. The molecule has 0 aliphatic heterocycles. The first-order chi connectivity index (χ1) is 10.5. The highest BCUT2D eigenvalue weighted by atomic mass is 19.4. The van der Waals surface area contributed by atoms with Crippen molar-refractivity contribution in [1.82, 2.24) is 0 Å². The molecule has 0 saturated carbocycles. The van der Waals surface area contributed by atoms with Crippen LogP contribution in [0.15, 0.2) is 18.2 Å². The molecule has 0 heterocycles. The molecule has 0 amide bonds. The van der Waals surface area contributed by atoms with E-state index in [0.29, 0.717) is 6.07 Å². The van der Waals surface area contributed by atoms with E-state index in [4.69, 9.17) is 5.73 Å². The maximum atomic E-state index is 13.5. The van der Waals surface area contributed by atoms with E-state index in [-0.39, 0.29) is 11.3 Å². The van der Waals surface area contributed by atoms with E-state index < -0.39 is 46.5 Å². The van der Waals surface area contributed by atoms with Crippen molar-refractivity contribution in [1.29, 1.82) is 0 Å². The molecule has 0 bridgehead atoms. The van der Waals surface area contributed by atoms with Crippen molar-refractivity contribution in [3.63, 3.8) is 0 Å². The van der Waals surface area contributed by atoms with E-state index in [1.54, 1.807) is 0 Å². The van der Waals surface area contributed by atoms with Gasteiger partial charge >= 0.3 is 6.36 Å². The van der Waals surface area contributed by atoms with Crippen LogP contribution in [0.1, 0.15) is 0 Å². The van der Waals surface area contributed by atoms with Gasteiger partial charge in [0.05, 0.1) is 11.3 Å². The zero-order valence-electron chi connectivity index (χ0n) is 11.0. The van der Waals surface area contributed by atoms with Crippen LogP contribution in [0, 0.1) is 5.82 Å². The van der Waals surface area contributed by atoms with E-state index in [0.717, 1.165) is 12.1 Å². The third-order valence-electron chi connectivity index (χ3n) is 2.86. The van der Waals surface area contributed by atoms with Gasteiger partial charge in [0.15, 0.2) is 11.5 Å². The van der Waals surface area contributed by atoms with Gasteiger partial charge in [0, 0.05) is 0 Å². The van der Waals surface area contributed by atoms with Gasteiger partial charge in [-0.2, -0.15) is 0 Å². The quantitative estimate of drug-likeness (QED) is 0.249. The Morgan fingerprint density at radius 2 is 1.52 bits per heavy atom. The molecule has 0 fully saturated rings. The lowest BCUT2D eigenvalue weighted by Gasteiger charge is -2.17. The summed E-state index contributed by atoms with van der Waals surface area (Å²) in [7, 11) is 0. The van der Waals surface area contributed by atoms with E-state index in [2.05, 4.69) is 4.74 Å². The number of nitrogens with two attached hydrogens (primary N) is 1. The molecular formula is C13H9F4NO5. The predicted molar refractivity (Wildman–Crippen MR) is 69.6 cm³/mol. The molecule has 0 atom stereocenters. The molecule has 6 N–H and O–H groups in total. The Balaban J connectivity index is 2.75. The molecule has 0 spiro atoms. The lowest BCUT2D eigenvalue weighted by Crippen LogP contribution is -2.17. The predicted octanol–water partition coefficient (Wildman–Crippen LogP) is 2.80. The highest BCUT2D eigenvalue weighted by molar-refractivity contribution is 5.85. The summed E-state index contributed by atoms with van der Waals surface area (Å²) in [6, 6.07) is 2.80. The first kappa shape index (κ1) is 16.3. The van der Waals surface area contributed by atoms with Gasteiger partial charge in [0.1, 0.15) is 5.82 Å². The van der Waals surface area contributed by atoms with Crippen LogP contribution in [0.3, 0.4) is 0 Å². The summed E-state index contributed by atoms with van der Waals surface area (Å²) in [4.78, 5) is 0. The van der Waals surface area contributed by atoms with E-state index in [1.165, 1.54) is 0 Å². The summed E-state index contributed by atoms with van der Waals surface area (Å²) in [6.45, 7) is 0. The summed E-state index contributed by atoms with van der Waals surface area (Å²) < 4.78 is 53.9. The SMILES string of the molecule is Nc1ccc(-c2c(O)c(O)c(O)c(OC(F)(F)F)c2O)cc1F. The molecule has 0 aliphatic rings. The zero-order chi connectivity index (χ0) is 17.5. The maximum Gasteiger partial charge on any atom is 0.573 e. The molecule has 0 unspecified atom stereocenters. The summed E-state index contributed by atoms with van der Waals surface area (Å²) in [5, 5.41) is 38.5. The number of hydrogen-bond donors (Lipinski definition) is 5. The number of rotatable bonds is 2. The Morgan fingerprint density at radius 3 is 2.04 bits per heavy atom. The summed E-state index contributed by atoms with van der Waals surface area (Å²) in [5.41, 5.74) is 3.87. The Kier molecular flexibility index (Phi) is 3.77. The van der Waals surface area contributed by atoms with Crippen molar-refractivity contribution in [2.75, 3.05) is 5.73 Å². The van der Waals surface area contributed by atoms with Gasteiger partial charge in [-0.25, -0.2) is 4.39 Å². The van der Waals surface area contributed by atoms with Crippen LogP contribution >= 0.6 is 0 Å². The number of phenols is 4. The highest BCUT2D eigenvalue weighted by Gasteiger charge is 2.37. The Bertz CT molecular complexity index is 776. The number of anilines is 1. The van der Waals surface area contributed by atoms with Gasteiger partial charge in [-0.3, -0.25) is 0 Å². The number of halogens is 4. The minimum absolute atomic E-state index is 0.289. The third-order valence-corrected chi connectivity index (χ3v) is 2.86. The second kappa shape index (κ2) is 5.30. The maximum absolute atomic E-state index is 13.5. The van der Waals surface area contributed by atoms with E-state index in [1.807, 2.05) is 0 Å². The van der Waals surface area contributed by atoms with Crippen LogP contribution in [-0.4, -0.2) is 26.8 Å². The zero-order valence-corrected chi connectivity index (χ0v) is 11.0. The topological polar surface area (TPSA) is 116 Å². The largest absolute Gasteiger partial charge is 0.573 e. The number of aromatic hydroxyl groups is 4. The van der Waals surface area contributed by atoms with Crippen LogP contribution in [0.4, 0.5) is 23.2 Å². The lowest BCUT2D eigenvalue weighted by atomic mass is 10.0. The molecule has 0 aliphatic carbocycles. The number of benzene rings is 2. The van der Waals surface area contributed by atoms with Crippen molar-refractivity contribution in [2.45, 2.75) is 6.36 Å². The molecular weight excluding hydrogens is 326 g/mol. The second-order valence-electron chi connectivity index (χ2n) is 4.38. The standard InChI is InChI=1S/C13H9F4NO5/c14-5-3-4(1-2-6(5)18)7-8(19)10(21)11(22)12(9(7)20)23-13(15,16)17/h1-3,19-22H,18H2. The molecule has 23 heavy (non-hydrogen) atoms. The molecule has 2 aromatic carbocycles. The van der Waals surface area contributed by atoms with Crippen LogP contribution in [0.25, 0.3) is 11.1 Å². The molecule has 10 heteroatoms. The van der Waals surface area contributed by atoms with Crippen molar-refractivity contribution < 1.29 is 42.7 Å². The number of phenolic OH excluding ortho intramolecular Hbond substituents is 4. The normalized spacial score (nSPS) is 11.5. The van der Waals surface area contributed by atoms with Gasteiger partial charge in [0.25, 0.3) is 0 Å². The Hall–Kier alpha value is -3.04. The molecule has 0 saturated heterocycles. The summed E-state index contributed by atoms with van der Waals surface area (Å²) in [6.07, 6.45) is -5.30. The monoisotopic (exact) mass is 335 g/mol. The van der Waals surface area contributed by atoms with Crippen LogP contribution < -0.4 is 10.5 Å². The number of alkyl halides is 3. The van der Waals surface area contributed by atoms with Crippen LogP contribution in [-0.2, 0) is 0 Å². The minimum atomic E-state index is -5.30. The fourth-order valence-electron chi connectivity index (χ4n) is 1.84. The molecule has 124 valence electrons. The van der Waals surface area contributed by atoms with Gasteiger partial charge < -0.3 is 30.9 Å². The van der Waals surface area contributed by atoms with Crippen molar-refractivity contribution in [2.24, 2.45) is 0 Å². The molecule has 6 nitrogen and oxygen atoms in total. The summed E-state index contributed by atoms with van der Waals surface area (Å²) in [5.74, 6) is -7.95. The van der Waals surface area contributed by atoms with Gasteiger partial charge in [-0.1, -0.05) is 6.07 Å². The highest BCUT2D eigenvalue weighted by Crippen LogP contribution is 2.56. The fourth-order valence-corrected chi connectivity index (χ4v) is 1.84. The van der Waals surface area contributed by atoms with Crippen LogP contribution in [0.5, 0.6) is 28.7 Å². The number of ether oxygens (including phenoxy) is 1. The van der Waals surface area contributed by atoms with Crippen molar-refractivity contribution in [3.05, 3.63) is 24.0 Å². The Morgan fingerprint density at radius 1 is 0.913 bits per heavy atom. The molecule has 2 aromatic rings. The first-order valence-corrected chi connectivity index (χ1v) is 5.84. The Labute approximate surface area is 125 Å². The number of hydrogen-bond acceptors (Lipinski definition) is 6. The minimum Gasteiger partial charge on any atom is -0.504 e. The molecule has 0 aromatic heterocycles. The lowest BCUT2D eigenvalue weighted by molar-refractivity contribution is -0.275. The second-order valence-corrected chi connectivity index (χ2v) is 4.38. The average molecular weight is 335 g/mol. The molecule has 0 radical (unpaired) electrons. The van der Waals surface area contributed by atoms with Crippen molar-refractivity contribution in [3.8, 4) is 39.9 Å². The fraction of sp³-hybridized carbons (Fsp3) is 0.0769. The van der Waals surface area contributed by atoms with Gasteiger partial charge in [-0.15, -0.1) is 13.2 Å². The van der Waals surface area contributed by atoms with E-state index in [9.17, 15) is 38.0 Å². The average Bonchev–Trinajstić information content (AvgIpc) is 2.44. The van der Waals surface area contributed by atoms with Gasteiger partial charge in [0.2, 0.25) is 17.2 Å². The smallest absolute Gasteiger partial charge is 0.504 e.